The topological polar surface area (TPSA) is 40.6 Å². The monoisotopic (exact) mass is 272 g/mol. The zero-order valence-electron chi connectivity index (χ0n) is 10.0. The van der Waals surface area contributed by atoms with Crippen molar-refractivity contribution in [3.8, 4) is 0 Å². The molecule has 0 aromatic carbocycles. The van der Waals surface area contributed by atoms with Gasteiger partial charge in [0, 0.05) is 18.0 Å². The summed E-state index contributed by atoms with van der Waals surface area (Å²) in [5.41, 5.74) is 0.749. The van der Waals surface area contributed by atoms with Crippen molar-refractivity contribution in [2.24, 2.45) is 0 Å². The van der Waals surface area contributed by atoms with Crippen LogP contribution >= 0.6 is 11.3 Å². The first-order chi connectivity index (χ1) is 7.98. The molecule has 0 N–H and O–H groups in total. The number of fused-ring (bicyclic) bond motifs is 2. The van der Waals surface area contributed by atoms with E-state index in [1.165, 1.54) is 11.3 Å². The molecule has 3 heterocycles. The van der Waals surface area contributed by atoms with Gasteiger partial charge >= 0.3 is 0 Å². The van der Waals surface area contributed by atoms with Crippen LogP contribution in [-0.2, 0) is 15.6 Å². The van der Waals surface area contributed by atoms with Crippen LogP contribution in [0.15, 0.2) is 15.7 Å². The number of nitrogens with zero attached hydrogens (tertiary/aromatic N) is 2. The SMILES string of the molecule is CN1CCC2(CC1)c1cscc1S(=O)(=O)N2C. The standard InChI is InChI=1S/C11H16N2O2S2/c1-12-5-3-11(4-6-12)9-7-16-8-10(9)17(14,15)13(11)2/h7-8H,3-6H2,1-2H3. The van der Waals surface area contributed by atoms with Gasteiger partial charge in [-0.25, -0.2) is 8.42 Å². The van der Waals surface area contributed by atoms with E-state index < -0.39 is 10.0 Å². The van der Waals surface area contributed by atoms with Crippen LogP contribution in [0.5, 0.6) is 0 Å². The largest absolute Gasteiger partial charge is 0.306 e. The summed E-state index contributed by atoms with van der Waals surface area (Å²) in [7, 11) is 0.574. The van der Waals surface area contributed by atoms with Crippen molar-refractivity contribution in [1.82, 2.24) is 9.21 Å². The number of sulfonamides is 1. The third kappa shape index (κ3) is 1.38. The van der Waals surface area contributed by atoms with E-state index in [1.54, 1.807) is 16.7 Å². The van der Waals surface area contributed by atoms with Gasteiger partial charge in [-0.1, -0.05) is 0 Å². The predicted molar refractivity (Wildman–Crippen MR) is 67.7 cm³/mol. The van der Waals surface area contributed by atoms with E-state index in [2.05, 4.69) is 11.9 Å². The second-order valence-corrected chi connectivity index (χ2v) is 7.64. The molecule has 0 saturated carbocycles. The summed E-state index contributed by atoms with van der Waals surface area (Å²) < 4.78 is 26.2. The smallest absolute Gasteiger partial charge is 0.244 e. The maximum absolute atomic E-state index is 12.3. The normalized spacial score (nSPS) is 27.4. The Morgan fingerprint density at radius 1 is 1.24 bits per heavy atom. The average Bonchev–Trinajstić information content (AvgIpc) is 2.83. The Kier molecular flexibility index (Phi) is 2.42. The van der Waals surface area contributed by atoms with Gasteiger partial charge in [0.2, 0.25) is 10.0 Å². The summed E-state index contributed by atoms with van der Waals surface area (Å²) >= 11 is 1.50. The quantitative estimate of drug-likeness (QED) is 0.715. The lowest BCUT2D eigenvalue weighted by Gasteiger charge is -2.41. The molecule has 2 aliphatic heterocycles. The summed E-state index contributed by atoms with van der Waals surface area (Å²) in [4.78, 5) is 2.80. The van der Waals surface area contributed by atoms with Gasteiger partial charge in [-0.2, -0.15) is 15.6 Å². The fourth-order valence-corrected chi connectivity index (χ4v) is 6.04. The van der Waals surface area contributed by atoms with Gasteiger partial charge in [0.15, 0.2) is 0 Å². The molecule has 94 valence electrons. The molecule has 0 unspecified atom stereocenters. The Labute approximate surface area is 106 Å². The summed E-state index contributed by atoms with van der Waals surface area (Å²) in [6, 6.07) is 0. The van der Waals surface area contributed by atoms with Crippen LogP contribution in [0, 0.1) is 0 Å². The number of hydrogen-bond acceptors (Lipinski definition) is 4. The van der Waals surface area contributed by atoms with E-state index in [0.29, 0.717) is 4.90 Å². The zero-order valence-corrected chi connectivity index (χ0v) is 11.6. The lowest BCUT2D eigenvalue weighted by molar-refractivity contribution is 0.109. The first-order valence-electron chi connectivity index (χ1n) is 5.73. The van der Waals surface area contributed by atoms with Crippen LogP contribution in [0.2, 0.25) is 0 Å². The number of piperidine rings is 1. The molecule has 6 heteroatoms. The molecule has 0 aliphatic carbocycles. The highest BCUT2D eigenvalue weighted by molar-refractivity contribution is 7.89. The van der Waals surface area contributed by atoms with E-state index >= 15 is 0 Å². The highest BCUT2D eigenvalue weighted by Gasteiger charge is 2.53. The molecule has 1 spiro atoms. The van der Waals surface area contributed by atoms with Crippen molar-refractivity contribution in [3.63, 3.8) is 0 Å². The molecule has 3 rings (SSSR count). The fourth-order valence-electron chi connectivity index (χ4n) is 2.94. The van der Waals surface area contributed by atoms with Gasteiger partial charge < -0.3 is 4.90 Å². The number of hydrogen-bond donors (Lipinski definition) is 0. The van der Waals surface area contributed by atoms with E-state index in [1.807, 2.05) is 5.38 Å². The van der Waals surface area contributed by atoms with E-state index in [4.69, 9.17) is 0 Å². The maximum Gasteiger partial charge on any atom is 0.244 e. The first-order valence-corrected chi connectivity index (χ1v) is 8.11. The zero-order chi connectivity index (χ0) is 12.3. The van der Waals surface area contributed by atoms with Crippen molar-refractivity contribution in [3.05, 3.63) is 16.3 Å². The van der Waals surface area contributed by atoms with Gasteiger partial charge in [-0.05, 0) is 38.4 Å². The van der Waals surface area contributed by atoms with Crippen molar-refractivity contribution in [2.75, 3.05) is 27.2 Å². The second-order valence-electron chi connectivity index (χ2n) is 4.96. The van der Waals surface area contributed by atoms with E-state index in [9.17, 15) is 8.42 Å². The second kappa shape index (κ2) is 3.54. The van der Waals surface area contributed by atoms with Crippen molar-refractivity contribution in [1.29, 1.82) is 0 Å². The number of thiophene rings is 1. The lowest BCUT2D eigenvalue weighted by Crippen LogP contribution is -2.48. The summed E-state index contributed by atoms with van der Waals surface area (Å²) in [5, 5.41) is 3.79. The third-order valence-electron chi connectivity index (χ3n) is 4.18. The van der Waals surface area contributed by atoms with Crippen LogP contribution in [0.4, 0.5) is 0 Å². The molecule has 1 aromatic heterocycles. The van der Waals surface area contributed by atoms with Crippen molar-refractivity contribution >= 4 is 21.4 Å². The Morgan fingerprint density at radius 3 is 2.53 bits per heavy atom. The summed E-state index contributed by atoms with van der Waals surface area (Å²) in [5.74, 6) is 0. The molecule has 1 fully saturated rings. The van der Waals surface area contributed by atoms with Gasteiger partial charge in [-0.15, -0.1) is 0 Å². The maximum atomic E-state index is 12.3. The lowest BCUT2D eigenvalue weighted by atomic mass is 9.82. The molecule has 17 heavy (non-hydrogen) atoms. The highest BCUT2D eigenvalue weighted by atomic mass is 32.2. The van der Waals surface area contributed by atoms with Gasteiger partial charge in [0.05, 0.1) is 10.4 Å². The fraction of sp³-hybridized carbons (Fsp3) is 0.636. The Balaban J connectivity index is 2.14. The molecule has 0 atom stereocenters. The molecule has 0 amide bonds. The van der Waals surface area contributed by atoms with Crippen LogP contribution in [-0.4, -0.2) is 44.8 Å². The van der Waals surface area contributed by atoms with Crippen LogP contribution in [0.25, 0.3) is 0 Å². The summed E-state index contributed by atoms with van der Waals surface area (Å²) in [6.07, 6.45) is 1.78. The van der Waals surface area contributed by atoms with E-state index in [-0.39, 0.29) is 5.54 Å². The minimum absolute atomic E-state index is 0.277. The van der Waals surface area contributed by atoms with Gasteiger partial charge in [0.1, 0.15) is 0 Å². The van der Waals surface area contributed by atoms with Crippen molar-refractivity contribution in [2.45, 2.75) is 23.3 Å². The van der Waals surface area contributed by atoms with Crippen LogP contribution in [0.1, 0.15) is 18.4 Å². The molecule has 2 aliphatic rings. The highest BCUT2D eigenvalue weighted by Crippen LogP contribution is 2.50. The average molecular weight is 272 g/mol. The van der Waals surface area contributed by atoms with Crippen LogP contribution < -0.4 is 0 Å². The minimum atomic E-state index is -3.24. The molecular formula is C11H16N2O2S2. The third-order valence-corrected chi connectivity index (χ3v) is 7.04. The Hall–Kier alpha value is -0.430. The van der Waals surface area contributed by atoms with Gasteiger partial charge in [-0.3, -0.25) is 0 Å². The number of rotatable bonds is 0. The first kappa shape index (κ1) is 11.6. The van der Waals surface area contributed by atoms with Gasteiger partial charge in [0.25, 0.3) is 0 Å². The molecule has 4 nitrogen and oxygen atoms in total. The Bertz CT molecular complexity index is 542. The molecule has 0 bridgehead atoms. The molecule has 1 aromatic rings. The number of likely N-dealkylation sites (tertiary alicyclic amines) is 1. The summed E-state index contributed by atoms with van der Waals surface area (Å²) in [6.45, 7) is 1.91. The minimum Gasteiger partial charge on any atom is -0.306 e. The Morgan fingerprint density at radius 2 is 1.88 bits per heavy atom. The molecule has 1 saturated heterocycles. The molecule has 0 radical (unpaired) electrons. The predicted octanol–water partition coefficient (Wildman–Crippen LogP) is 1.30. The molecular weight excluding hydrogens is 256 g/mol. The van der Waals surface area contributed by atoms with Crippen molar-refractivity contribution < 1.29 is 8.42 Å². The van der Waals surface area contributed by atoms with E-state index in [0.717, 1.165) is 31.5 Å². The van der Waals surface area contributed by atoms with Crippen LogP contribution in [0.3, 0.4) is 0 Å².